The van der Waals surface area contributed by atoms with E-state index < -0.39 is 0 Å². The van der Waals surface area contributed by atoms with Crippen LogP contribution in [-0.4, -0.2) is 28.6 Å². The molecule has 5 heteroatoms. The van der Waals surface area contributed by atoms with E-state index in [1.54, 1.807) is 4.57 Å². The van der Waals surface area contributed by atoms with Crippen LogP contribution in [0.2, 0.25) is 0 Å². The van der Waals surface area contributed by atoms with Gasteiger partial charge in [0.2, 0.25) is 0 Å². The van der Waals surface area contributed by atoms with Crippen molar-refractivity contribution in [3.05, 3.63) is 33.4 Å². The molecule has 4 nitrogen and oxygen atoms in total. The molecule has 1 saturated heterocycles. The molecule has 2 aromatic rings. The van der Waals surface area contributed by atoms with Crippen molar-refractivity contribution in [2.75, 3.05) is 13.1 Å². The minimum absolute atomic E-state index is 0.106. The van der Waals surface area contributed by atoms with Gasteiger partial charge in [0.05, 0.1) is 10.2 Å². The number of rotatable bonds is 3. The Balaban J connectivity index is 1.85. The van der Waals surface area contributed by atoms with Crippen molar-refractivity contribution in [1.82, 2.24) is 9.47 Å². The zero-order valence-corrected chi connectivity index (χ0v) is 12.7. The summed E-state index contributed by atoms with van der Waals surface area (Å²) in [5.74, 6) is 0. The van der Waals surface area contributed by atoms with Crippen molar-refractivity contribution >= 4 is 21.6 Å². The topological polar surface area (TPSA) is 51.3 Å². The number of piperidine rings is 1. The van der Waals surface area contributed by atoms with Crippen LogP contribution in [0.15, 0.2) is 23.0 Å². The summed E-state index contributed by atoms with van der Waals surface area (Å²) in [7, 11) is 1.83. The van der Waals surface area contributed by atoms with Gasteiger partial charge in [0.25, 0.3) is 0 Å². The standard InChI is InChI=1S/C15H21N3OS/c1-17-13-6-5-11(8-14(13)20-15(17)19)10-18-7-3-2-4-12(18)9-16/h5-6,8,12H,2-4,7,9-10,16H2,1H3. The quantitative estimate of drug-likeness (QED) is 0.940. The second-order valence-electron chi connectivity index (χ2n) is 5.58. The highest BCUT2D eigenvalue weighted by Gasteiger charge is 2.21. The highest BCUT2D eigenvalue weighted by atomic mass is 32.1. The molecule has 1 aromatic carbocycles. The Hall–Kier alpha value is -1.17. The Labute approximate surface area is 122 Å². The predicted molar refractivity (Wildman–Crippen MR) is 84.2 cm³/mol. The van der Waals surface area contributed by atoms with Crippen molar-refractivity contribution in [2.45, 2.75) is 31.8 Å². The largest absolute Gasteiger partial charge is 0.329 e. The molecule has 2 heterocycles. The van der Waals surface area contributed by atoms with E-state index in [-0.39, 0.29) is 4.87 Å². The normalized spacial score (nSPS) is 20.6. The van der Waals surface area contributed by atoms with Gasteiger partial charge in [-0.1, -0.05) is 23.8 Å². The second kappa shape index (κ2) is 5.68. The number of benzene rings is 1. The van der Waals surface area contributed by atoms with Gasteiger partial charge in [0.15, 0.2) is 0 Å². The predicted octanol–water partition coefficient (Wildman–Crippen LogP) is 1.91. The molecule has 0 bridgehead atoms. The minimum Gasteiger partial charge on any atom is -0.329 e. The molecule has 1 unspecified atom stereocenters. The van der Waals surface area contributed by atoms with Crippen LogP contribution >= 0.6 is 11.3 Å². The number of nitrogens with zero attached hydrogens (tertiary/aromatic N) is 2. The number of thiazole rings is 1. The monoisotopic (exact) mass is 291 g/mol. The zero-order valence-electron chi connectivity index (χ0n) is 11.8. The number of hydrogen-bond acceptors (Lipinski definition) is 4. The molecule has 0 aliphatic carbocycles. The lowest BCUT2D eigenvalue weighted by Crippen LogP contribution is -2.43. The van der Waals surface area contributed by atoms with Crippen molar-refractivity contribution in [2.24, 2.45) is 12.8 Å². The lowest BCUT2D eigenvalue weighted by Gasteiger charge is -2.35. The van der Waals surface area contributed by atoms with Crippen LogP contribution in [0.5, 0.6) is 0 Å². The van der Waals surface area contributed by atoms with Crippen LogP contribution in [0.1, 0.15) is 24.8 Å². The van der Waals surface area contributed by atoms with Crippen LogP contribution in [0.3, 0.4) is 0 Å². The molecule has 108 valence electrons. The van der Waals surface area contributed by atoms with E-state index in [0.29, 0.717) is 6.04 Å². The maximum Gasteiger partial charge on any atom is 0.307 e. The molecule has 1 aromatic heterocycles. The van der Waals surface area contributed by atoms with Crippen molar-refractivity contribution in [3.8, 4) is 0 Å². The summed E-state index contributed by atoms with van der Waals surface area (Å²) < 4.78 is 2.80. The van der Waals surface area contributed by atoms with Gasteiger partial charge in [0, 0.05) is 26.2 Å². The number of aryl methyl sites for hydroxylation is 1. The minimum atomic E-state index is 0.106. The van der Waals surface area contributed by atoms with Crippen LogP contribution in [-0.2, 0) is 13.6 Å². The average molecular weight is 291 g/mol. The molecule has 0 amide bonds. The van der Waals surface area contributed by atoms with E-state index in [4.69, 9.17) is 5.73 Å². The first-order valence-corrected chi connectivity index (χ1v) is 8.03. The van der Waals surface area contributed by atoms with Gasteiger partial charge in [-0.2, -0.15) is 0 Å². The van der Waals surface area contributed by atoms with Gasteiger partial charge in [-0.15, -0.1) is 0 Å². The third-order valence-corrected chi connectivity index (χ3v) is 5.26. The van der Waals surface area contributed by atoms with Crippen LogP contribution in [0.25, 0.3) is 10.2 Å². The second-order valence-corrected chi connectivity index (χ2v) is 6.58. The van der Waals surface area contributed by atoms with E-state index in [1.165, 1.54) is 36.2 Å². The fourth-order valence-corrected chi connectivity index (χ4v) is 3.99. The molecule has 0 spiro atoms. The van der Waals surface area contributed by atoms with Gasteiger partial charge in [0.1, 0.15) is 0 Å². The first-order valence-electron chi connectivity index (χ1n) is 7.21. The van der Waals surface area contributed by atoms with Crippen molar-refractivity contribution < 1.29 is 0 Å². The third-order valence-electron chi connectivity index (χ3n) is 4.26. The molecule has 20 heavy (non-hydrogen) atoms. The summed E-state index contributed by atoms with van der Waals surface area (Å²) in [6.45, 7) is 2.81. The summed E-state index contributed by atoms with van der Waals surface area (Å²) in [6.07, 6.45) is 3.76. The molecule has 0 saturated carbocycles. The Morgan fingerprint density at radius 3 is 3.05 bits per heavy atom. The maximum atomic E-state index is 11.7. The van der Waals surface area contributed by atoms with Gasteiger partial charge in [-0.3, -0.25) is 9.69 Å². The van der Waals surface area contributed by atoms with E-state index in [0.717, 1.165) is 29.9 Å². The SMILES string of the molecule is Cn1c(=O)sc2cc(CN3CCCCC3CN)ccc21. The van der Waals surface area contributed by atoms with Gasteiger partial charge >= 0.3 is 4.87 Å². The summed E-state index contributed by atoms with van der Waals surface area (Å²) in [4.78, 5) is 14.3. The number of hydrogen-bond donors (Lipinski definition) is 1. The van der Waals surface area contributed by atoms with E-state index in [1.807, 2.05) is 7.05 Å². The first kappa shape index (κ1) is 13.8. The van der Waals surface area contributed by atoms with Crippen LogP contribution in [0.4, 0.5) is 0 Å². The van der Waals surface area contributed by atoms with Gasteiger partial charge in [-0.25, -0.2) is 0 Å². The lowest BCUT2D eigenvalue weighted by molar-refractivity contribution is 0.145. The smallest absolute Gasteiger partial charge is 0.307 e. The van der Waals surface area contributed by atoms with Crippen molar-refractivity contribution in [3.63, 3.8) is 0 Å². The fourth-order valence-electron chi connectivity index (χ4n) is 3.05. The van der Waals surface area contributed by atoms with Gasteiger partial charge in [-0.05, 0) is 37.1 Å². The summed E-state index contributed by atoms with van der Waals surface area (Å²) in [6, 6.07) is 6.86. The fraction of sp³-hybridized carbons (Fsp3) is 0.533. The maximum absolute atomic E-state index is 11.7. The highest BCUT2D eigenvalue weighted by Crippen LogP contribution is 2.22. The highest BCUT2D eigenvalue weighted by molar-refractivity contribution is 7.16. The molecule has 1 fully saturated rings. The molecule has 1 aliphatic rings. The molecular formula is C15H21N3OS. The van der Waals surface area contributed by atoms with E-state index in [9.17, 15) is 4.79 Å². The van der Waals surface area contributed by atoms with Crippen LogP contribution in [0, 0.1) is 0 Å². The Morgan fingerprint density at radius 1 is 1.40 bits per heavy atom. The summed E-state index contributed by atoms with van der Waals surface area (Å²) >= 11 is 1.33. The Morgan fingerprint density at radius 2 is 2.25 bits per heavy atom. The van der Waals surface area contributed by atoms with Crippen LogP contribution < -0.4 is 10.6 Å². The number of nitrogens with two attached hydrogens (primary N) is 1. The lowest BCUT2D eigenvalue weighted by atomic mass is 10.0. The van der Waals surface area contributed by atoms with E-state index in [2.05, 4.69) is 23.1 Å². The molecule has 1 atom stereocenters. The summed E-state index contributed by atoms with van der Waals surface area (Å²) in [5, 5.41) is 0. The zero-order chi connectivity index (χ0) is 14.1. The molecule has 1 aliphatic heterocycles. The molecule has 2 N–H and O–H groups in total. The number of fused-ring (bicyclic) bond motifs is 1. The third kappa shape index (κ3) is 2.53. The number of likely N-dealkylation sites (tertiary alicyclic amines) is 1. The molecule has 0 radical (unpaired) electrons. The number of aromatic nitrogens is 1. The van der Waals surface area contributed by atoms with Crippen molar-refractivity contribution in [1.29, 1.82) is 0 Å². The molecular weight excluding hydrogens is 270 g/mol. The Bertz CT molecular complexity index is 661. The van der Waals surface area contributed by atoms with E-state index >= 15 is 0 Å². The average Bonchev–Trinajstić information content (AvgIpc) is 2.74. The first-order chi connectivity index (χ1) is 9.69. The van der Waals surface area contributed by atoms with Gasteiger partial charge < -0.3 is 10.3 Å². The summed E-state index contributed by atoms with van der Waals surface area (Å²) in [5.41, 5.74) is 8.18. The molecule has 3 rings (SSSR count). The Kier molecular flexibility index (Phi) is 3.92.